The molecule has 1 aromatic carbocycles. The maximum atomic E-state index is 11.8. The van der Waals surface area contributed by atoms with Crippen LogP contribution in [-0.2, 0) is 35.0 Å². The highest BCUT2D eigenvalue weighted by molar-refractivity contribution is 5.74. The highest BCUT2D eigenvalue weighted by Crippen LogP contribution is 2.22. The molecule has 0 aromatic heterocycles. The van der Waals surface area contributed by atoms with Crippen LogP contribution in [0.1, 0.15) is 63.5 Å². The lowest BCUT2D eigenvalue weighted by Crippen LogP contribution is -2.28. The van der Waals surface area contributed by atoms with Gasteiger partial charge in [0.15, 0.2) is 0 Å². The van der Waals surface area contributed by atoms with Gasteiger partial charge in [-0.05, 0) is 63.3 Å². The van der Waals surface area contributed by atoms with Crippen LogP contribution in [0.2, 0.25) is 0 Å². The Balaban J connectivity index is 0.000000809. The number of benzene rings is 1. The Morgan fingerprint density at radius 1 is 1.08 bits per heavy atom. The number of carbonyl (C=O) groups excluding carboxylic acids is 3. The fourth-order valence-electron chi connectivity index (χ4n) is 3.21. The molecule has 1 aromatic rings. The average molecular weight is 504 g/mol. The van der Waals surface area contributed by atoms with Gasteiger partial charge in [-0.15, -0.1) is 0 Å². The molecule has 0 saturated carbocycles. The van der Waals surface area contributed by atoms with Crippen LogP contribution in [0.25, 0.3) is 5.57 Å². The van der Waals surface area contributed by atoms with Crippen LogP contribution in [-0.4, -0.2) is 55.5 Å². The Hall–Kier alpha value is -3.46. The van der Waals surface area contributed by atoms with E-state index in [2.05, 4.69) is 52.5 Å². The van der Waals surface area contributed by atoms with Gasteiger partial charge in [0.25, 0.3) is 0 Å². The van der Waals surface area contributed by atoms with E-state index in [1.807, 2.05) is 7.05 Å². The van der Waals surface area contributed by atoms with Crippen LogP contribution >= 0.6 is 0 Å². The summed E-state index contributed by atoms with van der Waals surface area (Å²) in [6.45, 7) is 2.99. The number of carbonyl (C=O) groups is 4. The molecule has 1 aliphatic rings. The molecule has 0 fully saturated rings. The van der Waals surface area contributed by atoms with Crippen molar-refractivity contribution in [2.45, 2.75) is 70.9 Å². The first kappa shape index (κ1) is 30.6. The number of carboxylic acids is 1. The van der Waals surface area contributed by atoms with E-state index in [4.69, 9.17) is 14.6 Å². The second-order valence-corrected chi connectivity index (χ2v) is 8.36. The standard InChI is InChI=1S/C23H31NO5.C4H6O3/c1-17(2)29-23(26)28-16-27-22(25)14-13-21(24-3)15-18-9-11-20(12-10-18)19-7-5-4-6-8-19;5-3-1-2-4(6)7/h5,7-12,17,21,24H,4,6,13-16H2,1-3H3;3H,1-2H2,(H,6,7). The molecule has 1 unspecified atom stereocenters. The van der Waals surface area contributed by atoms with Crippen molar-refractivity contribution in [2.24, 2.45) is 0 Å². The first-order valence-electron chi connectivity index (χ1n) is 12.0. The highest BCUT2D eigenvalue weighted by Gasteiger charge is 2.13. The number of allylic oxidation sites excluding steroid dienone is 4. The van der Waals surface area contributed by atoms with Crippen molar-refractivity contribution < 1.29 is 38.5 Å². The number of aliphatic carboxylic acids is 1. The summed E-state index contributed by atoms with van der Waals surface area (Å²) in [5, 5.41) is 11.1. The van der Waals surface area contributed by atoms with E-state index in [-0.39, 0.29) is 31.4 Å². The molecule has 2 rings (SSSR count). The number of aldehydes is 1. The van der Waals surface area contributed by atoms with Crippen molar-refractivity contribution in [3.05, 3.63) is 53.6 Å². The normalized spacial score (nSPS) is 13.1. The van der Waals surface area contributed by atoms with Gasteiger partial charge in [-0.25, -0.2) is 4.79 Å². The second kappa shape index (κ2) is 17.9. The van der Waals surface area contributed by atoms with E-state index in [0.29, 0.717) is 12.7 Å². The van der Waals surface area contributed by atoms with Gasteiger partial charge in [0.1, 0.15) is 6.29 Å². The summed E-state index contributed by atoms with van der Waals surface area (Å²) in [6, 6.07) is 8.70. The monoisotopic (exact) mass is 503 g/mol. The lowest BCUT2D eigenvalue weighted by Gasteiger charge is -2.16. The van der Waals surface area contributed by atoms with Crippen LogP contribution in [0.3, 0.4) is 0 Å². The number of likely N-dealkylation sites (N-methyl/N-ethyl adjacent to an activating group) is 1. The molecule has 2 N–H and O–H groups in total. The number of esters is 1. The molecule has 0 radical (unpaired) electrons. The molecular formula is C27H37NO8. The molecule has 0 amide bonds. The van der Waals surface area contributed by atoms with Gasteiger partial charge in [0, 0.05) is 18.9 Å². The second-order valence-electron chi connectivity index (χ2n) is 8.36. The molecule has 9 nitrogen and oxygen atoms in total. The largest absolute Gasteiger partial charge is 0.511 e. The molecule has 0 heterocycles. The summed E-state index contributed by atoms with van der Waals surface area (Å²) in [4.78, 5) is 42.1. The first-order chi connectivity index (χ1) is 17.2. The summed E-state index contributed by atoms with van der Waals surface area (Å²) in [5.41, 5.74) is 3.71. The zero-order valence-corrected chi connectivity index (χ0v) is 21.2. The topological polar surface area (TPSA) is 128 Å². The van der Waals surface area contributed by atoms with Crippen molar-refractivity contribution in [3.63, 3.8) is 0 Å². The fourth-order valence-corrected chi connectivity index (χ4v) is 3.21. The summed E-state index contributed by atoms with van der Waals surface area (Å²) in [6.07, 6.45) is 10.1. The third kappa shape index (κ3) is 14.1. The van der Waals surface area contributed by atoms with E-state index in [0.717, 1.165) is 19.3 Å². The van der Waals surface area contributed by atoms with Gasteiger partial charge in [0.05, 0.1) is 12.5 Å². The lowest BCUT2D eigenvalue weighted by atomic mass is 9.96. The Labute approximate surface area is 212 Å². The predicted octanol–water partition coefficient (Wildman–Crippen LogP) is 4.44. The van der Waals surface area contributed by atoms with Crippen LogP contribution in [0, 0.1) is 0 Å². The van der Waals surface area contributed by atoms with Crippen LogP contribution in [0.15, 0.2) is 42.5 Å². The van der Waals surface area contributed by atoms with E-state index >= 15 is 0 Å². The summed E-state index contributed by atoms with van der Waals surface area (Å²) >= 11 is 0. The zero-order valence-electron chi connectivity index (χ0n) is 21.2. The van der Waals surface area contributed by atoms with Crippen molar-refractivity contribution in [3.8, 4) is 0 Å². The molecule has 0 saturated heterocycles. The van der Waals surface area contributed by atoms with Gasteiger partial charge >= 0.3 is 18.1 Å². The smallest absolute Gasteiger partial charge is 0.481 e. The summed E-state index contributed by atoms with van der Waals surface area (Å²) < 4.78 is 14.4. The van der Waals surface area contributed by atoms with Crippen LogP contribution < -0.4 is 5.32 Å². The Morgan fingerprint density at radius 3 is 2.33 bits per heavy atom. The van der Waals surface area contributed by atoms with E-state index in [1.165, 1.54) is 16.7 Å². The van der Waals surface area contributed by atoms with Gasteiger partial charge < -0.3 is 29.4 Å². The minimum atomic E-state index is -0.924. The van der Waals surface area contributed by atoms with Crippen molar-refractivity contribution in [1.82, 2.24) is 5.32 Å². The number of nitrogens with one attached hydrogen (secondary N) is 1. The quantitative estimate of drug-likeness (QED) is 0.228. The van der Waals surface area contributed by atoms with Crippen molar-refractivity contribution in [2.75, 3.05) is 13.8 Å². The minimum Gasteiger partial charge on any atom is -0.481 e. The Kier molecular flexibility index (Phi) is 15.2. The maximum Gasteiger partial charge on any atom is 0.511 e. The molecule has 0 aliphatic heterocycles. The molecule has 1 atom stereocenters. The van der Waals surface area contributed by atoms with Gasteiger partial charge in [0.2, 0.25) is 6.79 Å². The molecule has 198 valence electrons. The maximum absolute atomic E-state index is 11.8. The average Bonchev–Trinajstić information content (AvgIpc) is 2.86. The van der Waals surface area contributed by atoms with E-state index in [1.54, 1.807) is 13.8 Å². The number of rotatable bonds is 13. The van der Waals surface area contributed by atoms with E-state index in [9.17, 15) is 19.2 Å². The van der Waals surface area contributed by atoms with Crippen LogP contribution in [0.4, 0.5) is 4.79 Å². The molecule has 36 heavy (non-hydrogen) atoms. The number of hydrogen-bond donors (Lipinski definition) is 2. The third-order valence-corrected chi connectivity index (χ3v) is 5.07. The SMILES string of the molecule is CNC(CCC(=O)OCOC(=O)OC(C)C)Cc1ccc(C2=CCCC=C2)cc1.O=CCCC(=O)O. The molecule has 0 spiro atoms. The van der Waals surface area contributed by atoms with Crippen LogP contribution in [0.5, 0.6) is 0 Å². The number of hydrogen-bond acceptors (Lipinski definition) is 8. The van der Waals surface area contributed by atoms with Crippen molar-refractivity contribution >= 4 is 30.0 Å². The third-order valence-electron chi connectivity index (χ3n) is 5.07. The zero-order chi connectivity index (χ0) is 26.8. The molecular weight excluding hydrogens is 466 g/mol. The first-order valence-corrected chi connectivity index (χ1v) is 12.0. The molecule has 9 heteroatoms. The van der Waals surface area contributed by atoms with Gasteiger partial charge in [-0.2, -0.15) is 0 Å². The van der Waals surface area contributed by atoms with Gasteiger partial charge in [-0.3, -0.25) is 9.59 Å². The lowest BCUT2D eigenvalue weighted by molar-refractivity contribution is -0.153. The molecule has 0 bridgehead atoms. The molecule has 1 aliphatic carbocycles. The predicted molar refractivity (Wildman–Crippen MR) is 135 cm³/mol. The van der Waals surface area contributed by atoms with E-state index < -0.39 is 24.9 Å². The van der Waals surface area contributed by atoms with Gasteiger partial charge in [-0.1, -0.05) is 42.5 Å². The summed E-state index contributed by atoms with van der Waals surface area (Å²) in [5.74, 6) is -1.33. The van der Waals surface area contributed by atoms with Crippen molar-refractivity contribution in [1.29, 1.82) is 0 Å². The number of ether oxygens (including phenoxy) is 3. The highest BCUT2D eigenvalue weighted by atomic mass is 16.8. The minimum absolute atomic E-state index is 0.0521. The Bertz CT molecular complexity index is 890. The Morgan fingerprint density at radius 2 is 1.81 bits per heavy atom. The number of carboxylic acid groups (broad SMARTS) is 1. The summed E-state index contributed by atoms with van der Waals surface area (Å²) in [7, 11) is 1.88. The fraction of sp³-hybridized carbons (Fsp3) is 0.481.